The molecule has 0 aliphatic carbocycles. The largest absolute Gasteiger partial charge is 0.456 e. The lowest BCUT2D eigenvalue weighted by atomic mass is 9.98. The summed E-state index contributed by atoms with van der Waals surface area (Å²) in [7, 11) is 0. The van der Waals surface area contributed by atoms with Crippen LogP contribution in [-0.2, 0) is 0 Å². The van der Waals surface area contributed by atoms with Crippen molar-refractivity contribution in [1.29, 1.82) is 0 Å². The zero-order valence-corrected chi connectivity index (χ0v) is 69.3. The third-order valence-corrected chi connectivity index (χ3v) is 29.9. The molecule has 0 radical (unpaired) electrons. The Kier molecular flexibility index (Phi) is 14.6. The predicted octanol–water partition coefficient (Wildman–Crippen LogP) is 34.6. The van der Waals surface area contributed by atoms with E-state index < -0.39 is 0 Å². The van der Waals surface area contributed by atoms with Gasteiger partial charge in [-0.2, -0.15) is 0 Å². The minimum absolute atomic E-state index is 0.910. The van der Waals surface area contributed by atoms with Crippen molar-refractivity contribution >= 4 is 280 Å². The highest BCUT2D eigenvalue weighted by Crippen LogP contribution is 2.53. The van der Waals surface area contributed by atoms with Gasteiger partial charge in [0.15, 0.2) is 0 Å². The Morgan fingerprint density at radius 3 is 1.18 bits per heavy atom. The second-order valence-electron chi connectivity index (χ2n) is 33.2. The summed E-state index contributed by atoms with van der Waals surface area (Å²) in [5.74, 6) is 0. The fourth-order valence-electron chi connectivity index (χ4n) is 20.9. The first-order valence-corrected chi connectivity index (χ1v) is 44.9. The van der Waals surface area contributed by atoms with Crippen LogP contribution in [0.25, 0.3) is 274 Å². The van der Waals surface area contributed by atoms with Crippen LogP contribution < -0.4 is 0 Å². The number of benzene rings is 21. The van der Waals surface area contributed by atoms with E-state index in [1.165, 1.54) is 180 Å². The van der Waals surface area contributed by atoms with Crippen LogP contribution in [0, 0.1) is 0 Å². The van der Waals surface area contributed by atoms with E-state index in [2.05, 4.69) is 396 Å². The number of nitrogens with zero attached hydrogens (tertiary/aromatic N) is 3. The number of aromatic nitrogens is 3. The van der Waals surface area contributed by atoms with Crippen LogP contribution in [0.4, 0.5) is 0 Å². The molecule has 0 bridgehead atoms. The van der Waals surface area contributed by atoms with Crippen molar-refractivity contribution in [2.45, 2.75) is 0 Å². The third-order valence-electron chi connectivity index (χ3n) is 26.4. The summed E-state index contributed by atoms with van der Waals surface area (Å²) in [5.41, 5.74) is 18.5. The Labute approximate surface area is 723 Å². The molecule has 6 nitrogen and oxygen atoms in total. The molecule has 30 rings (SSSR count). The molecule has 9 heterocycles. The fourth-order valence-corrected chi connectivity index (χ4v) is 24.6. The number of furan rings is 3. The van der Waals surface area contributed by atoms with Crippen LogP contribution in [0.2, 0.25) is 0 Å². The van der Waals surface area contributed by atoms with Crippen molar-refractivity contribution < 1.29 is 13.3 Å². The number of hydrogen-bond donors (Lipinski definition) is 0. The van der Waals surface area contributed by atoms with Gasteiger partial charge in [0.2, 0.25) is 0 Å². The molecule has 9 heteroatoms. The molecule has 0 atom stereocenters. The smallest absolute Gasteiger partial charge is 0.143 e. The van der Waals surface area contributed by atoms with E-state index in [0.29, 0.717) is 0 Å². The number of para-hydroxylation sites is 4. The molecule has 0 aliphatic rings. The van der Waals surface area contributed by atoms with Crippen molar-refractivity contribution in [3.63, 3.8) is 0 Å². The average molecular weight is 1650 g/mol. The Balaban J connectivity index is 0.0000000963. The summed E-state index contributed by atoms with van der Waals surface area (Å²) >= 11 is 5.67. The lowest BCUT2D eigenvalue weighted by Crippen LogP contribution is -1.95. The molecule has 0 saturated heterocycles. The predicted molar refractivity (Wildman–Crippen MR) is 536 cm³/mol. The van der Waals surface area contributed by atoms with Gasteiger partial charge in [-0.25, -0.2) is 0 Å². The lowest BCUT2D eigenvalue weighted by molar-refractivity contribution is 0.669. The Hall–Kier alpha value is -15.6. The molecule has 580 valence electrons. The maximum Gasteiger partial charge on any atom is 0.143 e. The van der Waals surface area contributed by atoms with Crippen LogP contribution >= 0.6 is 34.0 Å². The van der Waals surface area contributed by atoms with Gasteiger partial charge in [-0.1, -0.05) is 261 Å². The van der Waals surface area contributed by atoms with E-state index in [9.17, 15) is 0 Å². The molecule has 30 aromatic rings. The molecule has 0 unspecified atom stereocenters. The molecule has 21 aromatic carbocycles. The van der Waals surface area contributed by atoms with Crippen molar-refractivity contribution in [2.75, 3.05) is 0 Å². The highest BCUT2D eigenvalue weighted by Gasteiger charge is 2.28. The Bertz CT molecular complexity index is 9930. The second kappa shape index (κ2) is 26.4. The van der Waals surface area contributed by atoms with Gasteiger partial charge in [0.05, 0.1) is 42.5 Å². The number of fused-ring (bicyclic) bond motifs is 38. The fraction of sp³-hybridized carbons (Fsp3) is 0. The lowest BCUT2D eigenvalue weighted by Gasteiger charge is -2.13. The number of rotatable bonds is 4. The Morgan fingerprint density at radius 2 is 0.576 bits per heavy atom. The van der Waals surface area contributed by atoms with Crippen LogP contribution in [0.15, 0.2) is 408 Å². The van der Waals surface area contributed by atoms with Crippen LogP contribution in [0.5, 0.6) is 0 Å². The Morgan fingerprint density at radius 1 is 0.184 bits per heavy atom. The standard InChI is InChI=1S/C44H25NOS.C38H21NOS.C34H19NOS/c1-2-12-26(13-3-1)34-24-29(25-36-35-22-27-14-4-5-15-28(27)23-38(35)46-43(34)36)45-37-20-10-8-18-32(37)40-30-16-6-7-17-31(30)41-33-19-9-11-21-39(33)47-44(41)42(40)45;1-2-10-23-20-33-29(19-22(23)9-1)30-21-24(17-18-32(30)40-33)39-31-15-7-5-13-27(31)35-25-11-3-4-12-26(25)36-28-14-6-8-16-34(28)41-38(36)37(35)39;1-2-8-21-16-34-27(15-20(21)7-1)28-17-22(13-14-33(28)37-34)35-29-11-5-3-9-23(29)25-18-26-24-10-4-6-12-31(24)36-32(26)19-30(25)35/h1-25H;1-21H;1-19H. The molecule has 9 aromatic heterocycles. The minimum atomic E-state index is 0.910. The zero-order valence-electron chi connectivity index (χ0n) is 66.8. The van der Waals surface area contributed by atoms with E-state index in [1.54, 1.807) is 0 Å². The molecule has 0 fully saturated rings. The summed E-state index contributed by atoms with van der Waals surface area (Å²) in [4.78, 5) is 0. The zero-order chi connectivity index (χ0) is 81.4. The van der Waals surface area contributed by atoms with Gasteiger partial charge < -0.3 is 27.0 Å². The summed E-state index contributed by atoms with van der Waals surface area (Å²) in [6, 6.07) is 143. The van der Waals surface area contributed by atoms with Crippen LogP contribution in [0.3, 0.4) is 0 Å². The molecule has 0 amide bonds. The number of hydrogen-bond acceptors (Lipinski definition) is 6. The molecular formula is C116H65N3O3S3. The van der Waals surface area contributed by atoms with Gasteiger partial charge in [0.25, 0.3) is 0 Å². The van der Waals surface area contributed by atoms with Crippen molar-refractivity contribution in [1.82, 2.24) is 13.7 Å². The molecule has 0 spiro atoms. The van der Waals surface area contributed by atoms with E-state index in [1.807, 2.05) is 46.1 Å². The topological polar surface area (TPSA) is 54.2 Å². The van der Waals surface area contributed by atoms with Gasteiger partial charge in [-0.3, -0.25) is 0 Å². The van der Waals surface area contributed by atoms with Crippen molar-refractivity contribution in [2.24, 2.45) is 0 Å². The summed E-state index contributed by atoms with van der Waals surface area (Å²) < 4.78 is 34.7. The van der Waals surface area contributed by atoms with E-state index in [-0.39, 0.29) is 0 Å². The van der Waals surface area contributed by atoms with Crippen molar-refractivity contribution in [3.05, 3.63) is 394 Å². The first-order chi connectivity index (χ1) is 62.0. The second-order valence-corrected chi connectivity index (χ2v) is 36.3. The van der Waals surface area contributed by atoms with Gasteiger partial charge in [0, 0.05) is 144 Å². The molecule has 0 N–H and O–H groups in total. The first kappa shape index (κ1) is 69.1. The van der Waals surface area contributed by atoms with E-state index in [4.69, 9.17) is 13.3 Å². The maximum absolute atomic E-state index is 6.75. The minimum Gasteiger partial charge on any atom is -0.456 e. The normalized spacial score (nSPS) is 12.3. The third kappa shape index (κ3) is 10.2. The van der Waals surface area contributed by atoms with E-state index in [0.717, 1.165) is 93.8 Å². The van der Waals surface area contributed by atoms with Gasteiger partial charge in [-0.15, -0.1) is 34.0 Å². The molecule has 0 saturated carbocycles. The van der Waals surface area contributed by atoms with Crippen LogP contribution in [-0.4, -0.2) is 13.7 Å². The van der Waals surface area contributed by atoms with Gasteiger partial charge >= 0.3 is 0 Å². The van der Waals surface area contributed by atoms with Gasteiger partial charge in [0.1, 0.15) is 33.5 Å². The molecule has 125 heavy (non-hydrogen) atoms. The van der Waals surface area contributed by atoms with Crippen LogP contribution in [0.1, 0.15) is 0 Å². The summed E-state index contributed by atoms with van der Waals surface area (Å²) in [6.07, 6.45) is 0. The molecule has 0 aliphatic heterocycles. The highest BCUT2D eigenvalue weighted by atomic mass is 32.1. The average Bonchev–Trinajstić information content (AvgIpc) is 1.54. The van der Waals surface area contributed by atoms with E-state index >= 15 is 0 Å². The first-order valence-electron chi connectivity index (χ1n) is 42.5. The maximum atomic E-state index is 6.75. The quantitative estimate of drug-likeness (QED) is 0.176. The monoisotopic (exact) mass is 1640 g/mol. The highest BCUT2D eigenvalue weighted by molar-refractivity contribution is 7.27. The summed E-state index contributed by atoms with van der Waals surface area (Å²) in [6.45, 7) is 0. The summed E-state index contributed by atoms with van der Waals surface area (Å²) in [5, 5.41) is 35.1. The number of thiophene rings is 3. The van der Waals surface area contributed by atoms with Gasteiger partial charge in [-0.05, 0) is 187 Å². The SMILES string of the molecule is c1ccc(-c2cc(-n3c4ccccc4c4c5ccccc5c5c6ccccc6sc5c43)cc3c2oc2cc4ccccc4cc23)cc1.c1ccc2cc3c(cc2c1)oc1ccc(-n2c4ccccc4c4c5ccccc5c5c6ccccc6sc5c42)cc13.c1ccc2cc3c(cc2c1)sc1ccc(-n2c4ccccc4c4cc5c(cc42)oc2ccccc25)cc13. The molecular weight excluding hydrogens is 1580 g/mol. The van der Waals surface area contributed by atoms with Crippen molar-refractivity contribution in [3.8, 4) is 28.2 Å².